The minimum Gasteiger partial charge on any atom is -1.00 e. The molecular formula is C9H18FNO3. The lowest BCUT2D eigenvalue weighted by Crippen LogP contribution is -3.00. The van der Waals surface area contributed by atoms with Crippen LogP contribution in [0.1, 0.15) is 20.3 Å². The first-order valence-electron chi connectivity index (χ1n) is 4.35. The number of aliphatic hydroxyl groups is 1. The van der Waals surface area contributed by atoms with Crippen LogP contribution in [-0.2, 0) is 9.63 Å². The van der Waals surface area contributed by atoms with E-state index in [-0.39, 0.29) is 15.1 Å². The van der Waals surface area contributed by atoms with Crippen molar-refractivity contribution in [3.63, 3.8) is 0 Å². The summed E-state index contributed by atoms with van der Waals surface area (Å²) in [6, 6.07) is 0. The molecule has 14 heavy (non-hydrogen) atoms. The molecule has 0 unspecified atom stereocenters. The zero-order valence-corrected chi connectivity index (χ0v) is 9.08. The van der Waals surface area contributed by atoms with E-state index in [9.17, 15) is 4.79 Å². The van der Waals surface area contributed by atoms with Gasteiger partial charge in [-0.15, -0.1) is 4.65 Å². The van der Waals surface area contributed by atoms with Crippen LogP contribution < -0.4 is 4.70 Å². The molecule has 0 spiro atoms. The second-order valence-corrected chi connectivity index (χ2v) is 3.35. The van der Waals surface area contributed by atoms with E-state index >= 15 is 0 Å². The Kier molecular flexibility index (Phi) is 6.99. The lowest BCUT2D eigenvalue weighted by molar-refractivity contribution is -1.06. The minimum absolute atomic E-state index is 0. The van der Waals surface area contributed by atoms with Gasteiger partial charge in [0, 0.05) is 0 Å². The Labute approximate surface area is 83.7 Å². The Hall–Kier alpha value is -1.10. The van der Waals surface area contributed by atoms with Crippen LogP contribution in [0.3, 0.4) is 0 Å². The highest BCUT2D eigenvalue weighted by Crippen LogP contribution is 2.04. The summed E-state index contributed by atoms with van der Waals surface area (Å²) in [4.78, 5) is 16.1. The predicted octanol–water partition coefficient (Wildman–Crippen LogP) is -1.60. The molecule has 0 aliphatic heterocycles. The minimum atomic E-state index is -0.680. The normalized spacial score (nSPS) is 11.9. The average molecular weight is 207 g/mol. The molecule has 0 aromatic carbocycles. The van der Waals surface area contributed by atoms with Crippen LogP contribution in [0.4, 0.5) is 0 Å². The van der Waals surface area contributed by atoms with E-state index in [0.717, 1.165) is 13.0 Å². The van der Waals surface area contributed by atoms with Gasteiger partial charge in [-0.25, -0.2) is 4.79 Å². The molecule has 0 amide bonds. The van der Waals surface area contributed by atoms with E-state index in [4.69, 9.17) is 9.94 Å². The standard InChI is InChI=1S/C9H17NO3.FH/c1-5-7-10(3,4)13-9(12)8(11)6-2;/h6H,5,7H2,1-4H3;1H. The van der Waals surface area contributed by atoms with E-state index in [0.29, 0.717) is 0 Å². The number of allylic oxidation sites excluding steroid dienone is 1. The number of hydroxylamine groups is 3. The van der Waals surface area contributed by atoms with E-state index in [1.807, 2.05) is 6.92 Å². The average Bonchev–Trinajstić information content (AvgIpc) is 2.01. The lowest BCUT2D eigenvalue weighted by atomic mass is 10.4. The summed E-state index contributed by atoms with van der Waals surface area (Å²) in [5.74, 6) is -1.02. The molecule has 0 saturated carbocycles. The van der Waals surface area contributed by atoms with Crippen LogP contribution in [0.15, 0.2) is 11.8 Å². The van der Waals surface area contributed by atoms with E-state index in [2.05, 4.69) is 0 Å². The van der Waals surface area contributed by atoms with Crippen LogP contribution in [0.2, 0.25) is 0 Å². The molecular weight excluding hydrogens is 189 g/mol. The first kappa shape index (κ1) is 15.4. The third-order valence-corrected chi connectivity index (χ3v) is 1.57. The molecule has 0 fully saturated rings. The summed E-state index contributed by atoms with van der Waals surface area (Å²) in [5, 5.41) is 9.03. The summed E-state index contributed by atoms with van der Waals surface area (Å²) in [7, 11) is 3.54. The number of rotatable bonds is 4. The molecule has 84 valence electrons. The van der Waals surface area contributed by atoms with Gasteiger partial charge < -0.3 is 9.81 Å². The Morgan fingerprint density at radius 2 is 2.00 bits per heavy atom. The largest absolute Gasteiger partial charge is 1.00 e. The SMILES string of the molecule is CC=C(O)C(=O)O[N+](C)(C)CCC.[F-]. The van der Waals surface area contributed by atoms with Gasteiger partial charge in [-0.05, 0) is 19.4 Å². The third kappa shape index (κ3) is 5.53. The molecule has 0 aliphatic carbocycles. The summed E-state index contributed by atoms with van der Waals surface area (Å²) in [6.07, 6.45) is 2.23. The maximum atomic E-state index is 11.1. The summed E-state index contributed by atoms with van der Waals surface area (Å²) >= 11 is 0. The molecule has 5 heteroatoms. The molecule has 0 aliphatic rings. The zero-order valence-electron chi connectivity index (χ0n) is 9.08. The topological polar surface area (TPSA) is 46.5 Å². The van der Waals surface area contributed by atoms with Crippen LogP contribution in [0, 0.1) is 0 Å². The second kappa shape index (κ2) is 6.37. The molecule has 0 bridgehead atoms. The predicted molar refractivity (Wildman–Crippen MR) is 49.7 cm³/mol. The number of aliphatic hydroxyl groups excluding tert-OH is 1. The number of hydrogen-bond acceptors (Lipinski definition) is 3. The Balaban J connectivity index is 0. The number of hydrogen-bond donors (Lipinski definition) is 1. The van der Waals surface area contributed by atoms with E-state index in [1.165, 1.54) is 6.08 Å². The zero-order chi connectivity index (χ0) is 10.5. The van der Waals surface area contributed by atoms with E-state index in [1.54, 1.807) is 21.0 Å². The maximum Gasteiger partial charge on any atom is 0.430 e. The summed E-state index contributed by atoms with van der Waals surface area (Å²) < 4.78 is 0.132. The van der Waals surface area contributed by atoms with Gasteiger partial charge in [-0.3, -0.25) is 4.84 Å². The van der Waals surface area contributed by atoms with Gasteiger partial charge in [0.1, 0.15) is 20.6 Å². The summed E-state index contributed by atoms with van der Waals surface area (Å²) in [5.41, 5.74) is 0. The maximum absolute atomic E-state index is 11.1. The quantitative estimate of drug-likeness (QED) is 0.261. The number of nitrogens with zero attached hydrogens (tertiary/aromatic N) is 1. The molecule has 0 aromatic rings. The molecule has 1 N–H and O–H groups in total. The van der Waals surface area contributed by atoms with Crippen LogP contribution in [-0.4, -0.2) is 36.4 Å². The Morgan fingerprint density at radius 1 is 1.50 bits per heavy atom. The Bertz CT molecular complexity index is 214. The first-order chi connectivity index (χ1) is 5.93. The van der Waals surface area contributed by atoms with Crippen molar-refractivity contribution in [3.8, 4) is 0 Å². The van der Waals surface area contributed by atoms with Crippen molar-refractivity contribution in [1.82, 2.24) is 0 Å². The molecule has 0 rings (SSSR count). The van der Waals surface area contributed by atoms with Gasteiger partial charge in [0.15, 0.2) is 0 Å². The fraction of sp³-hybridized carbons (Fsp3) is 0.667. The fourth-order valence-electron chi connectivity index (χ4n) is 0.973. The second-order valence-electron chi connectivity index (χ2n) is 3.35. The third-order valence-electron chi connectivity index (χ3n) is 1.57. The first-order valence-corrected chi connectivity index (χ1v) is 4.35. The molecule has 0 heterocycles. The van der Waals surface area contributed by atoms with Crippen molar-refractivity contribution in [2.45, 2.75) is 20.3 Å². The van der Waals surface area contributed by atoms with Gasteiger partial charge in [0.05, 0.1) is 0 Å². The fourth-order valence-corrected chi connectivity index (χ4v) is 0.973. The van der Waals surface area contributed by atoms with Crippen molar-refractivity contribution in [1.29, 1.82) is 0 Å². The van der Waals surface area contributed by atoms with Crippen molar-refractivity contribution in [3.05, 3.63) is 11.8 Å². The molecule has 0 atom stereocenters. The smallest absolute Gasteiger partial charge is 0.430 e. The number of halogens is 1. The number of quaternary nitrogens is 1. The molecule has 4 nitrogen and oxygen atoms in total. The highest BCUT2D eigenvalue weighted by molar-refractivity contribution is 5.84. The van der Waals surface area contributed by atoms with E-state index < -0.39 is 5.97 Å². The van der Waals surface area contributed by atoms with Crippen molar-refractivity contribution in [2.75, 3.05) is 20.6 Å². The molecule has 0 saturated heterocycles. The van der Waals surface area contributed by atoms with Gasteiger partial charge in [0.25, 0.3) is 0 Å². The monoisotopic (exact) mass is 207 g/mol. The van der Waals surface area contributed by atoms with Gasteiger partial charge in [-0.2, -0.15) is 0 Å². The van der Waals surface area contributed by atoms with Crippen LogP contribution in [0.5, 0.6) is 0 Å². The Morgan fingerprint density at radius 3 is 2.36 bits per heavy atom. The number of carbonyl (C=O) groups excluding carboxylic acids is 1. The molecule has 0 radical (unpaired) electrons. The van der Waals surface area contributed by atoms with Crippen LogP contribution in [0.25, 0.3) is 0 Å². The highest BCUT2D eigenvalue weighted by Gasteiger charge is 2.22. The van der Waals surface area contributed by atoms with Crippen molar-refractivity contribution in [2.24, 2.45) is 0 Å². The van der Waals surface area contributed by atoms with Crippen molar-refractivity contribution < 1.29 is 24.1 Å². The van der Waals surface area contributed by atoms with Gasteiger partial charge in [-0.1, -0.05) is 6.92 Å². The molecule has 0 aromatic heterocycles. The van der Waals surface area contributed by atoms with Gasteiger partial charge >= 0.3 is 5.97 Å². The van der Waals surface area contributed by atoms with Crippen LogP contribution >= 0.6 is 0 Å². The van der Waals surface area contributed by atoms with Crippen molar-refractivity contribution >= 4 is 5.97 Å². The number of carbonyl (C=O) groups is 1. The highest BCUT2D eigenvalue weighted by atomic mass is 19.0. The lowest BCUT2D eigenvalue weighted by Gasteiger charge is -2.24. The summed E-state index contributed by atoms with van der Waals surface area (Å²) in [6.45, 7) is 4.31. The van der Waals surface area contributed by atoms with Gasteiger partial charge in [0.2, 0.25) is 5.76 Å².